The molecular formula is C15H21ClN4O. The summed E-state index contributed by atoms with van der Waals surface area (Å²) in [4.78, 5) is 4.28. The molecule has 0 spiro atoms. The SMILES string of the molecule is CCCNCc1cnc(Oc2cnn(C(C)C)c2)c(Cl)c1. The zero-order valence-corrected chi connectivity index (χ0v) is 13.4. The largest absolute Gasteiger partial charge is 0.434 e. The van der Waals surface area contributed by atoms with Crippen molar-refractivity contribution in [2.45, 2.75) is 39.8 Å². The van der Waals surface area contributed by atoms with E-state index in [0.717, 1.165) is 25.1 Å². The van der Waals surface area contributed by atoms with Gasteiger partial charge in [0.1, 0.15) is 5.02 Å². The van der Waals surface area contributed by atoms with Crippen LogP contribution in [0.5, 0.6) is 11.6 Å². The van der Waals surface area contributed by atoms with Gasteiger partial charge in [0, 0.05) is 18.8 Å². The van der Waals surface area contributed by atoms with Crippen molar-refractivity contribution in [1.29, 1.82) is 0 Å². The van der Waals surface area contributed by atoms with Gasteiger partial charge in [-0.2, -0.15) is 5.10 Å². The van der Waals surface area contributed by atoms with Crippen LogP contribution in [0.2, 0.25) is 5.02 Å². The molecule has 0 fully saturated rings. The van der Waals surface area contributed by atoms with Crippen molar-refractivity contribution in [3.63, 3.8) is 0 Å². The molecule has 0 aromatic carbocycles. The normalized spacial score (nSPS) is 11.1. The lowest BCUT2D eigenvalue weighted by atomic mass is 10.3. The summed E-state index contributed by atoms with van der Waals surface area (Å²) >= 11 is 6.22. The fourth-order valence-corrected chi connectivity index (χ4v) is 2.04. The van der Waals surface area contributed by atoms with Crippen LogP contribution in [0.15, 0.2) is 24.7 Å². The van der Waals surface area contributed by atoms with Crippen molar-refractivity contribution in [1.82, 2.24) is 20.1 Å². The van der Waals surface area contributed by atoms with Gasteiger partial charge in [-0.25, -0.2) is 4.98 Å². The molecule has 2 heterocycles. The molecule has 0 unspecified atom stereocenters. The highest BCUT2D eigenvalue weighted by molar-refractivity contribution is 6.31. The Morgan fingerprint density at radius 1 is 1.38 bits per heavy atom. The average Bonchev–Trinajstić information content (AvgIpc) is 2.91. The first-order valence-corrected chi connectivity index (χ1v) is 7.55. The second-order valence-electron chi connectivity index (χ2n) is 5.16. The molecule has 2 rings (SSSR count). The van der Waals surface area contributed by atoms with E-state index in [9.17, 15) is 0 Å². The lowest BCUT2D eigenvalue weighted by molar-refractivity contribution is 0.458. The predicted molar refractivity (Wildman–Crippen MR) is 83.9 cm³/mol. The number of rotatable bonds is 7. The third-order valence-corrected chi connectivity index (χ3v) is 3.21. The Hall–Kier alpha value is -1.59. The Balaban J connectivity index is 2.02. The highest BCUT2D eigenvalue weighted by Crippen LogP contribution is 2.27. The molecule has 0 aliphatic rings. The summed E-state index contributed by atoms with van der Waals surface area (Å²) in [7, 11) is 0. The number of halogens is 1. The summed E-state index contributed by atoms with van der Waals surface area (Å²) in [5.41, 5.74) is 1.04. The minimum Gasteiger partial charge on any atom is -0.434 e. The third-order valence-electron chi connectivity index (χ3n) is 2.94. The van der Waals surface area contributed by atoms with E-state index in [4.69, 9.17) is 16.3 Å². The second-order valence-corrected chi connectivity index (χ2v) is 5.57. The molecule has 2 aromatic heterocycles. The first kappa shape index (κ1) is 15.8. The number of pyridine rings is 1. The van der Waals surface area contributed by atoms with Crippen LogP contribution in [0, 0.1) is 0 Å². The van der Waals surface area contributed by atoms with E-state index in [0.29, 0.717) is 16.7 Å². The number of hydrogen-bond donors (Lipinski definition) is 1. The first-order valence-electron chi connectivity index (χ1n) is 7.17. The summed E-state index contributed by atoms with van der Waals surface area (Å²) < 4.78 is 7.50. The number of nitrogens with zero attached hydrogens (tertiary/aromatic N) is 3. The van der Waals surface area contributed by atoms with Crippen LogP contribution in [-0.2, 0) is 6.54 Å². The quantitative estimate of drug-likeness (QED) is 0.790. The van der Waals surface area contributed by atoms with E-state index in [1.54, 1.807) is 12.4 Å². The Morgan fingerprint density at radius 2 is 2.19 bits per heavy atom. The Labute approximate surface area is 130 Å². The fourth-order valence-electron chi connectivity index (χ4n) is 1.81. The molecule has 1 N–H and O–H groups in total. The second kappa shape index (κ2) is 7.43. The van der Waals surface area contributed by atoms with Crippen LogP contribution < -0.4 is 10.1 Å². The highest BCUT2D eigenvalue weighted by atomic mass is 35.5. The molecule has 2 aromatic rings. The first-order chi connectivity index (χ1) is 10.1. The molecule has 0 bridgehead atoms. The molecule has 5 nitrogen and oxygen atoms in total. The van der Waals surface area contributed by atoms with E-state index in [1.807, 2.05) is 16.9 Å². The molecule has 0 radical (unpaired) electrons. The van der Waals surface area contributed by atoms with E-state index >= 15 is 0 Å². The van der Waals surface area contributed by atoms with Gasteiger partial charge in [-0.05, 0) is 38.4 Å². The van der Waals surface area contributed by atoms with Crippen molar-refractivity contribution in [3.05, 3.63) is 35.2 Å². The number of ether oxygens (including phenoxy) is 1. The summed E-state index contributed by atoms with van der Waals surface area (Å²) in [5, 5.41) is 8.03. The van der Waals surface area contributed by atoms with Gasteiger partial charge in [-0.1, -0.05) is 18.5 Å². The van der Waals surface area contributed by atoms with Crippen LogP contribution in [0.25, 0.3) is 0 Å². The fraction of sp³-hybridized carbons (Fsp3) is 0.467. The van der Waals surface area contributed by atoms with E-state index < -0.39 is 0 Å². The smallest absolute Gasteiger partial charge is 0.238 e. The van der Waals surface area contributed by atoms with Crippen molar-refractivity contribution in [2.24, 2.45) is 0 Å². The van der Waals surface area contributed by atoms with Gasteiger partial charge in [-0.15, -0.1) is 0 Å². The van der Waals surface area contributed by atoms with Gasteiger partial charge in [0.2, 0.25) is 5.88 Å². The number of aromatic nitrogens is 3. The monoisotopic (exact) mass is 308 g/mol. The van der Waals surface area contributed by atoms with Crippen LogP contribution in [0.1, 0.15) is 38.8 Å². The maximum absolute atomic E-state index is 6.22. The molecule has 0 amide bonds. The summed E-state index contributed by atoms with van der Waals surface area (Å²) in [5.74, 6) is 1.04. The molecule has 21 heavy (non-hydrogen) atoms. The molecule has 0 saturated heterocycles. The maximum Gasteiger partial charge on any atom is 0.238 e. The van der Waals surface area contributed by atoms with Crippen molar-refractivity contribution in [2.75, 3.05) is 6.54 Å². The van der Waals surface area contributed by atoms with Crippen LogP contribution in [0.4, 0.5) is 0 Å². The molecule has 0 atom stereocenters. The van der Waals surface area contributed by atoms with Gasteiger partial charge in [0.15, 0.2) is 5.75 Å². The molecular weight excluding hydrogens is 288 g/mol. The topological polar surface area (TPSA) is 52.0 Å². The van der Waals surface area contributed by atoms with Gasteiger partial charge in [-0.3, -0.25) is 4.68 Å². The third kappa shape index (κ3) is 4.44. The van der Waals surface area contributed by atoms with E-state index in [1.165, 1.54) is 0 Å². The van der Waals surface area contributed by atoms with Crippen molar-refractivity contribution in [3.8, 4) is 11.6 Å². The van der Waals surface area contributed by atoms with Crippen LogP contribution in [0.3, 0.4) is 0 Å². The van der Waals surface area contributed by atoms with Crippen molar-refractivity contribution < 1.29 is 4.74 Å². The zero-order chi connectivity index (χ0) is 15.2. The van der Waals surface area contributed by atoms with E-state index in [-0.39, 0.29) is 6.04 Å². The molecule has 6 heteroatoms. The minimum atomic E-state index is 0.290. The van der Waals surface area contributed by atoms with Crippen molar-refractivity contribution >= 4 is 11.6 Å². The van der Waals surface area contributed by atoms with Crippen LogP contribution >= 0.6 is 11.6 Å². The lowest BCUT2D eigenvalue weighted by Gasteiger charge is -2.07. The van der Waals surface area contributed by atoms with Gasteiger partial charge >= 0.3 is 0 Å². The minimum absolute atomic E-state index is 0.290. The lowest BCUT2D eigenvalue weighted by Crippen LogP contribution is -2.13. The van der Waals surface area contributed by atoms with Crippen LogP contribution in [-0.4, -0.2) is 21.3 Å². The molecule has 0 aliphatic heterocycles. The zero-order valence-electron chi connectivity index (χ0n) is 12.6. The number of nitrogens with one attached hydrogen (secondary N) is 1. The summed E-state index contributed by atoms with van der Waals surface area (Å²) in [6.07, 6.45) is 6.37. The molecule has 114 valence electrons. The van der Waals surface area contributed by atoms with E-state index in [2.05, 4.69) is 36.2 Å². The molecule has 0 aliphatic carbocycles. The number of hydrogen-bond acceptors (Lipinski definition) is 4. The average molecular weight is 309 g/mol. The Bertz CT molecular complexity index is 583. The Kier molecular flexibility index (Phi) is 5.59. The van der Waals surface area contributed by atoms with Gasteiger partial charge in [0.05, 0.1) is 12.4 Å². The summed E-state index contributed by atoms with van der Waals surface area (Å²) in [6.45, 7) is 7.98. The predicted octanol–water partition coefficient (Wildman–Crippen LogP) is 3.80. The molecule has 0 saturated carbocycles. The van der Waals surface area contributed by atoms with Gasteiger partial charge < -0.3 is 10.1 Å². The Morgan fingerprint density at radius 3 is 2.81 bits per heavy atom. The highest BCUT2D eigenvalue weighted by Gasteiger charge is 2.09. The standard InChI is InChI=1S/C15H21ClN4O/c1-4-5-17-7-12-6-14(16)15(18-8-12)21-13-9-19-20(10-13)11(2)3/h6,8-11,17H,4-5,7H2,1-3H3. The summed E-state index contributed by atoms with van der Waals surface area (Å²) in [6, 6.07) is 2.16. The maximum atomic E-state index is 6.22. The van der Waals surface area contributed by atoms with Gasteiger partial charge in [0.25, 0.3) is 0 Å².